The predicted molar refractivity (Wildman–Crippen MR) is 95.2 cm³/mol. The minimum absolute atomic E-state index is 0.0267. The third kappa shape index (κ3) is 2.95. The monoisotopic (exact) mass is 347 g/mol. The van der Waals surface area contributed by atoms with Crippen molar-refractivity contribution in [3.63, 3.8) is 0 Å². The molecule has 0 bridgehead atoms. The standard InChI is InChI=1S/C19H17N5O2/c1-13(14-6-5-7-15(12-14)25-2)18-21-19(26-22-18)16-8-3-4-9-17(16)24-11-10-20-23-24/h3-13H,1-2H3. The molecule has 0 amide bonds. The van der Waals surface area contributed by atoms with E-state index < -0.39 is 0 Å². The lowest BCUT2D eigenvalue weighted by Gasteiger charge is -2.08. The van der Waals surface area contributed by atoms with E-state index in [0.717, 1.165) is 22.6 Å². The fourth-order valence-corrected chi connectivity index (χ4v) is 2.77. The summed E-state index contributed by atoms with van der Waals surface area (Å²) in [6, 6.07) is 15.6. The number of hydrogen-bond acceptors (Lipinski definition) is 6. The third-order valence-electron chi connectivity index (χ3n) is 4.23. The van der Waals surface area contributed by atoms with Crippen LogP contribution in [0.3, 0.4) is 0 Å². The number of para-hydroxylation sites is 1. The zero-order chi connectivity index (χ0) is 17.9. The van der Waals surface area contributed by atoms with Crippen molar-refractivity contribution < 1.29 is 9.26 Å². The van der Waals surface area contributed by atoms with Crippen LogP contribution in [-0.4, -0.2) is 32.2 Å². The van der Waals surface area contributed by atoms with E-state index in [0.29, 0.717) is 11.7 Å². The van der Waals surface area contributed by atoms with Gasteiger partial charge in [-0.25, -0.2) is 4.68 Å². The molecule has 0 saturated heterocycles. The van der Waals surface area contributed by atoms with Crippen LogP contribution >= 0.6 is 0 Å². The van der Waals surface area contributed by atoms with E-state index >= 15 is 0 Å². The van der Waals surface area contributed by atoms with Crippen LogP contribution in [-0.2, 0) is 0 Å². The van der Waals surface area contributed by atoms with Gasteiger partial charge in [0.25, 0.3) is 5.89 Å². The maximum Gasteiger partial charge on any atom is 0.260 e. The molecule has 0 spiro atoms. The van der Waals surface area contributed by atoms with Gasteiger partial charge in [0.05, 0.1) is 30.8 Å². The van der Waals surface area contributed by atoms with E-state index in [1.165, 1.54) is 0 Å². The molecule has 130 valence electrons. The second-order valence-electron chi connectivity index (χ2n) is 5.82. The molecule has 2 heterocycles. The van der Waals surface area contributed by atoms with E-state index in [1.807, 2.05) is 55.5 Å². The SMILES string of the molecule is COc1cccc(C(C)c2noc(-c3ccccc3-n3ccnn3)n2)c1. The average molecular weight is 347 g/mol. The Hall–Kier alpha value is -3.48. The number of aromatic nitrogens is 5. The topological polar surface area (TPSA) is 78.9 Å². The molecule has 0 aliphatic rings. The van der Waals surface area contributed by atoms with Crippen LogP contribution in [0.2, 0.25) is 0 Å². The second kappa shape index (κ2) is 6.79. The molecule has 2 aromatic carbocycles. The highest BCUT2D eigenvalue weighted by Gasteiger charge is 2.19. The molecule has 2 aromatic heterocycles. The van der Waals surface area contributed by atoms with Crippen LogP contribution in [0, 0.1) is 0 Å². The molecule has 0 saturated carbocycles. The Balaban J connectivity index is 1.69. The number of ether oxygens (including phenoxy) is 1. The molecule has 0 aliphatic heterocycles. The van der Waals surface area contributed by atoms with Crippen LogP contribution < -0.4 is 4.74 Å². The molecule has 4 aromatic rings. The zero-order valence-corrected chi connectivity index (χ0v) is 14.4. The van der Waals surface area contributed by atoms with Gasteiger partial charge in [0.15, 0.2) is 5.82 Å². The summed E-state index contributed by atoms with van der Waals surface area (Å²) in [5, 5.41) is 12.1. The highest BCUT2D eigenvalue weighted by Crippen LogP contribution is 2.29. The van der Waals surface area contributed by atoms with Crippen LogP contribution in [0.25, 0.3) is 17.1 Å². The molecule has 0 aliphatic carbocycles. The fraction of sp³-hybridized carbons (Fsp3) is 0.158. The van der Waals surface area contributed by atoms with Gasteiger partial charge in [-0.1, -0.05) is 41.6 Å². The summed E-state index contributed by atoms with van der Waals surface area (Å²) in [7, 11) is 1.65. The van der Waals surface area contributed by atoms with E-state index in [4.69, 9.17) is 9.26 Å². The molecular formula is C19H17N5O2. The number of benzene rings is 2. The summed E-state index contributed by atoms with van der Waals surface area (Å²) in [6.07, 6.45) is 3.40. The first kappa shape index (κ1) is 16.0. The lowest BCUT2D eigenvalue weighted by atomic mass is 10.0. The molecular weight excluding hydrogens is 330 g/mol. The number of nitrogens with zero attached hydrogens (tertiary/aromatic N) is 5. The van der Waals surface area contributed by atoms with Crippen molar-refractivity contribution in [2.45, 2.75) is 12.8 Å². The molecule has 7 nitrogen and oxygen atoms in total. The van der Waals surface area contributed by atoms with Crippen molar-refractivity contribution in [3.05, 3.63) is 72.3 Å². The molecule has 1 unspecified atom stereocenters. The van der Waals surface area contributed by atoms with Crippen molar-refractivity contribution in [2.75, 3.05) is 7.11 Å². The molecule has 0 N–H and O–H groups in total. The van der Waals surface area contributed by atoms with E-state index in [1.54, 1.807) is 24.2 Å². The number of hydrogen-bond donors (Lipinski definition) is 0. The van der Waals surface area contributed by atoms with Crippen molar-refractivity contribution in [1.29, 1.82) is 0 Å². The number of rotatable bonds is 5. The molecule has 0 radical (unpaired) electrons. The normalized spacial score (nSPS) is 12.1. The summed E-state index contributed by atoms with van der Waals surface area (Å²) in [6.45, 7) is 2.03. The first-order valence-electron chi connectivity index (χ1n) is 8.20. The van der Waals surface area contributed by atoms with Gasteiger partial charge >= 0.3 is 0 Å². The first-order valence-corrected chi connectivity index (χ1v) is 8.20. The van der Waals surface area contributed by atoms with Gasteiger partial charge in [-0.05, 0) is 29.8 Å². The van der Waals surface area contributed by atoms with Crippen LogP contribution in [0.15, 0.2) is 65.4 Å². The maximum absolute atomic E-state index is 5.53. The summed E-state index contributed by atoms with van der Waals surface area (Å²) in [5.74, 6) is 1.83. The smallest absolute Gasteiger partial charge is 0.260 e. The fourth-order valence-electron chi connectivity index (χ4n) is 2.77. The summed E-state index contributed by atoms with van der Waals surface area (Å²) < 4.78 is 12.5. The first-order chi connectivity index (χ1) is 12.8. The Morgan fingerprint density at radius 2 is 2.00 bits per heavy atom. The van der Waals surface area contributed by atoms with Crippen molar-refractivity contribution in [3.8, 4) is 22.9 Å². The maximum atomic E-state index is 5.53. The van der Waals surface area contributed by atoms with E-state index in [-0.39, 0.29) is 5.92 Å². The van der Waals surface area contributed by atoms with Gasteiger partial charge in [-0.2, -0.15) is 4.98 Å². The Morgan fingerprint density at radius 1 is 1.12 bits per heavy atom. The van der Waals surface area contributed by atoms with Gasteiger partial charge in [0, 0.05) is 5.92 Å². The van der Waals surface area contributed by atoms with Gasteiger partial charge in [0.1, 0.15) is 5.75 Å². The zero-order valence-electron chi connectivity index (χ0n) is 14.4. The van der Waals surface area contributed by atoms with E-state index in [9.17, 15) is 0 Å². The Labute approximate surface area is 150 Å². The van der Waals surface area contributed by atoms with Crippen LogP contribution in [0.4, 0.5) is 0 Å². The minimum Gasteiger partial charge on any atom is -0.497 e. The largest absolute Gasteiger partial charge is 0.497 e. The summed E-state index contributed by atoms with van der Waals surface area (Å²) in [5.41, 5.74) is 2.69. The lowest BCUT2D eigenvalue weighted by Crippen LogP contribution is -2.00. The molecule has 0 fully saturated rings. The van der Waals surface area contributed by atoms with Crippen molar-refractivity contribution >= 4 is 0 Å². The molecule has 26 heavy (non-hydrogen) atoms. The second-order valence-corrected chi connectivity index (χ2v) is 5.82. The van der Waals surface area contributed by atoms with E-state index in [2.05, 4.69) is 20.5 Å². The third-order valence-corrected chi connectivity index (χ3v) is 4.23. The Kier molecular flexibility index (Phi) is 4.18. The highest BCUT2D eigenvalue weighted by atomic mass is 16.5. The highest BCUT2D eigenvalue weighted by molar-refractivity contribution is 5.65. The van der Waals surface area contributed by atoms with Crippen LogP contribution in [0.1, 0.15) is 24.2 Å². The molecule has 7 heteroatoms. The van der Waals surface area contributed by atoms with Crippen molar-refractivity contribution in [2.24, 2.45) is 0 Å². The van der Waals surface area contributed by atoms with Gasteiger partial charge in [-0.15, -0.1) is 5.10 Å². The molecule has 4 rings (SSSR count). The Morgan fingerprint density at radius 3 is 2.81 bits per heavy atom. The van der Waals surface area contributed by atoms with Crippen molar-refractivity contribution in [1.82, 2.24) is 25.1 Å². The van der Waals surface area contributed by atoms with Crippen LogP contribution in [0.5, 0.6) is 5.75 Å². The quantitative estimate of drug-likeness (QED) is 0.550. The summed E-state index contributed by atoms with van der Waals surface area (Å²) >= 11 is 0. The average Bonchev–Trinajstić information content (AvgIpc) is 3.39. The minimum atomic E-state index is -0.0267. The molecule has 1 atom stereocenters. The van der Waals surface area contributed by atoms with Gasteiger partial charge < -0.3 is 9.26 Å². The lowest BCUT2D eigenvalue weighted by molar-refractivity contribution is 0.413. The van der Waals surface area contributed by atoms with Gasteiger partial charge in [0.2, 0.25) is 0 Å². The number of methoxy groups -OCH3 is 1. The van der Waals surface area contributed by atoms with Gasteiger partial charge in [-0.3, -0.25) is 0 Å². The summed E-state index contributed by atoms with van der Waals surface area (Å²) in [4.78, 5) is 4.60. The Bertz CT molecular complexity index is 1010. The predicted octanol–water partition coefficient (Wildman–Crippen LogP) is 3.48.